The lowest BCUT2D eigenvalue weighted by Gasteiger charge is -2.17. The lowest BCUT2D eigenvalue weighted by molar-refractivity contribution is 0.0992. The van der Waals surface area contributed by atoms with E-state index in [-0.39, 0.29) is 5.91 Å². The fraction of sp³-hybridized carbons (Fsp3) is 0.267. The Hall–Kier alpha value is -2.63. The van der Waals surface area contributed by atoms with Gasteiger partial charge in [0.25, 0.3) is 5.91 Å². The van der Waals surface area contributed by atoms with E-state index in [9.17, 15) is 4.79 Å². The van der Waals surface area contributed by atoms with Gasteiger partial charge in [-0.15, -0.1) is 0 Å². The molecule has 0 N–H and O–H groups in total. The van der Waals surface area contributed by atoms with Crippen LogP contribution in [0.1, 0.15) is 17.3 Å². The monoisotopic (exact) mass is 287 g/mol. The van der Waals surface area contributed by atoms with Crippen LogP contribution in [0, 0.1) is 0 Å². The quantitative estimate of drug-likeness (QED) is 0.843. The zero-order valence-corrected chi connectivity index (χ0v) is 12.2. The number of rotatable bonds is 5. The Kier molecular flexibility index (Phi) is 4.71. The van der Waals surface area contributed by atoms with Crippen LogP contribution in [0.2, 0.25) is 0 Å². The van der Waals surface area contributed by atoms with Crippen molar-refractivity contribution in [3.05, 3.63) is 42.2 Å². The van der Waals surface area contributed by atoms with Crippen LogP contribution in [0.4, 0.5) is 5.69 Å². The van der Waals surface area contributed by atoms with Gasteiger partial charge in [0.2, 0.25) is 11.8 Å². The van der Waals surface area contributed by atoms with Crippen LogP contribution < -0.4 is 14.4 Å². The van der Waals surface area contributed by atoms with Crippen molar-refractivity contribution >= 4 is 11.6 Å². The van der Waals surface area contributed by atoms with Gasteiger partial charge in [-0.05, 0) is 19.1 Å². The standard InChI is InChI=1S/C15H17N3O3/c1-4-21-14-7-5-11(9-16-14)15(19)18(2)12-6-8-13(20-3)17-10-12/h5-10H,4H2,1-3H3. The minimum absolute atomic E-state index is 0.169. The van der Waals surface area contributed by atoms with Crippen LogP contribution in [-0.2, 0) is 0 Å². The Bertz CT molecular complexity index is 597. The van der Waals surface area contributed by atoms with Crippen molar-refractivity contribution in [2.24, 2.45) is 0 Å². The van der Waals surface area contributed by atoms with Gasteiger partial charge in [0.05, 0.1) is 31.2 Å². The number of aromatic nitrogens is 2. The maximum Gasteiger partial charge on any atom is 0.259 e. The third kappa shape index (κ3) is 3.47. The molecule has 0 saturated carbocycles. The lowest BCUT2D eigenvalue weighted by atomic mass is 10.2. The summed E-state index contributed by atoms with van der Waals surface area (Å²) in [7, 11) is 3.23. The van der Waals surface area contributed by atoms with E-state index >= 15 is 0 Å². The molecule has 0 fully saturated rings. The molecule has 0 atom stereocenters. The van der Waals surface area contributed by atoms with E-state index in [1.165, 1.54) is 11.1 Å². The predicted molar refractivity (Wildman–Crippen MR) is 78.9 cm³/mol. The van der Waals surface area contributed by atoms with Crippen molar-refractivity contribution in [3.63, 3.8) is 0 Å². The number of nitrogens with zero attached hydrogens (tertiary/aromatic N) is 3. The number of carbonyl (C=O) groups is 1. The van der Waals surface area contributed by atoms with Gasteiger partial charge in [-0.1, -0.05) is 0 Å². The first-order chi connectivity index (χ1) is 10.2. The molecular formula is C15H17N3O3. The van der Waals surface area contributed by atoms with Gasteiger partial charge in [-0.25, -0.2) is 9.97 Å². The highest BCUT2D eigenvalue weighted by Crippen LogP contribution is 2.17. The molecule has 0 aliphatic heterocycles. The van der Waals surface area contributed by atoms with Crippen LogP contribution in [0.5, 0.6) is 11.8 Å². The summed E-state index contributed by atoms with van der Waals surface area (Å²) in [6.07, 6.45) is 3.08. The molecule has 1 amide bonds. The number of carbonyl (C=O) groups excluding carboxylic acids is 1. The average Bonchev–Trinajstić information content (AvgIpc) is 2.54. The largest absolute Gasteiger partial charge is 0.481 e. The second kappa shape index (κ2) is 6.69. The van der Waals surface area contributed by atoms with Crippen molar-refractivity contribution in [3.8, 4) is 11.8 Å². The van der Waals surface area contributed by atoms with Crippen LogP contribution >= 0.6 is 0 Å². The average molecular weight is 287 g/mol. The number of hydrogen-bond donors (Lipinski definition) is 0. The van der Waals surface area contributed by atoms with E-state index < -0.39 is 0 Å². The first-order valence-electron chi connectivity index (χ1n) is 6.52. The van der Waals surface area contributed by atoms with Gasteiger partial charge < -0.3 is 14.4 Å². The Morgan fingerprint density at radius 3 is 2.38 bits per heavy atom. The number of hydrogen-bond acceptors (Lipinski definition) is 5. The highest BCUT2D eigenvalue weighted by molar-refractivity contribution is 6.05. The van der Waals surface area contributed by atoms with Crippen LogP contribution in [0.3, 0.4) is 0 Å². The number of methoxy groups -OCH3 is 1. The Balaban J connectivity index is 2.13. The second-order valence-electron chi connectivity index (χ2n) is 4.24. The highest BCUT2D eigenvalue weighted by Gasteiger charge is 2.14. The molecule has 2 aromatic heterocycles. The molecule has 0 bridgehead atoms. The molecule has 110 valence electrons. The summed E-state index contributed by atoms with van der Waals surface area (Å²) in [6, 6.07) is 6.84. The molecule has 2 rings (SSSR count). The molecule has 0 spiro atoms. The van der Waals surface area contributed by atoms with Crippen LogP contribution in [-0.4, -0.2) is 36.6 Å². The molecule has 2 aromatic rings. The Morgan fingerprint density at radius 1 is 1.14 bits per heavy atom. The van der Waals surface area contributed by atoms with Gasteiger partial charge in [0, 0.05) is 25.4 Å². The van der Waals surface area contributed by atoms with Gasteiger partial charge in [-0.3, -0.25) is 4.79 Å². The molecule has 6 nitrogen and oxygen atoms in total. The summed E-state index contributed by atoms with van der Waals surface area (Å²) in [5.74, 6) is 0.836. The van der Waals surface area contributed by atoms with Crippen molar-refractivity contribution in [1.29, 1.82) is 0 Å². The zero-order valence-electron chi connectivity index (χ0n) is 12.2. The second-order valence-corrected chi connectivity index (χ2v) is 4.24. The summed E-state index contributed by atoms with van der Waals surface area (Å²) in [5.41, 5.74) is 1.16. The molecule has 6 heteroatoms. The summed E-state index contributed by atoms with van der Waals surface area (Å²) >= 11 is 0. The lowest BCUT2D eigenvalue weighted by Crippen LogP contribution is -2.26. The van der Waals surface area contributed by atoms with Gasteiger partial charge in [0.1, 0.15) is 0 Å². The maximum atomic E-state index is 12.4. The molecule has 0 unspecified atom stereocenters. The third-order valence-corrected chi connectivity index (χ3v) is 2.90. The fourth-order valence-electron chi connectivity index (χ4n) is 1.74. The van der Waals surface area contributed by atoms with E-state index in [0.717, 1.165) is 0 Å². The van der Waals surface area contributed by atoms with Crippen molar-refractivity contribution in [2.45, 2.75) is 6.92 Å². The van der Waals surface area contributed by atoms with Gasteiger partial charge in [0.15, 0.2) is 0 Å². The highest BCUT2D eigenvalue weighted by atomic mass is 16.5. The summed E-state index contributed by atoms with van der Waals surface area (Å²) < 4.78 is 10.2. The van der Waals surface area contributed by atoms with Crippen molar-refractivity contribution in [1.82, 2.24) is 9.97 Å². The first kappa shape index (κ1) is 14.8. The molecule has 0 aliphatic carbocycles. The van der Waals surface area contributed by atoms with Crippen molar-refractivity contribution in [2.75, 3.05) is 25.7 Å². The molecule has 0 radical (unpaired) electrons. The molecular weight excluding hydrogens is 270 g/mol. The molecule has 2 heterocycles. The summed E-state index contributed by atoms with van der Waals surface area (Å²) in [4.78, 5) is 22.0. The van der Waals surface area contributed by atoms with E-state index in [0.29, 0.717) is 29.6 Å². The first-order valence-corrected chi connectivity index (χ1v) is 6.52. The predicted octanol–water partition coefficient (Wildman–Crippen LogP) is 2.16. The minimum Gasteiger partial charge on any atom is -0.481 e. The van der Waals surface area contributed by atoms with Gasteiger partial charge >= 0.3 is 0 Å². The smallest absolute Gasteiger partial charge is 0.259 e. The fourth-order valence-corrected chi connectivity index (χ4v) is 1.74. The molecule has 21 heavy (non-hydrogen) atoms. The Morgan fingerprint density at radius 2 is 1.86 bits per heavy atom. The van der Waals surface area contributed by atoms with Crippen LogP contribution in [0.15, 0.2) is 36.7 Å². The zero-order chi connectivity index (χ0) is 15.2. The van der Waals surface area contributed by atoms with Crippen LogP contribution in [0.25, 0.3) is 0 Å². The summed E-state index contributed by atoms with van der Waals surface area (Å²) in [6.45, 7) is 2.42. The summed E-state index contributed by atoms with van der Waals surface area (Å²) in [5, 5.41) is 0. The number of anilines is 1. The molecule has 0 saturated heterocycles. The molecule has 0 aromatic carbocycles. The molecule has 0 aliphatic rings. The van der Waals surface area contributed by atoms with E-state index in [2.05, 4.69) is 9.97 Å². The SMILES string of the molecule is CCOc1ccc(C(=O)N(C)c2ccc(OC)nc2)cn1. The number of amides is 1. The topological polar surface area (TPSA) is 64.5 Å². The third-order valence-electron chi connectivity index (χ3n) is 2.90. The number of ether oxygens (including phenoxy) is 2. The normalized spacial score (nSPS) is 10.0. The Labute approximate surface area is 123 Å². The van der Waals surface area contributed by atoms with Crippen molar-refractivity contribution < 1.29 is 14.3 Å². The van der Waals surface area contributed by atoms with E-state index in [4.69, 9.17) is 9.47 Å². The maximum absolute atomic E-state index is 12.4. The van der Waals surface area contributed by atoms with Gasteiger partial charge in [-0.2, -0.15) is 0 Å². The minimum atomic E-state index is -0.169. The van der Waals surface area contributed by atoms with E-state index in [1.54, 1.807) is 44.6 Å². The number of pyridine rings is 2. The van der Waals surface area contributed by atoms with E-state index in [1.807, 2.05) is 6.92 Å².